The molecule has 0 aliphatic carbocycles. The van der Waals surface area contributed by atoms with Gasteiger partial charge in [-0.15, -0.1) is 0 Å². The topological polar surface area (TPSA) is 69.7 Å². The first-order valence-electron chi connectivity index (χ1n) is 10.8. The standard InChI is InChI=1S/C24H33N3O3S/c1-18-5-11-23(12-6-18)31(29,30)26(4)17-24(28)25-20(3)21-7-9-22(10-8-21)27-15-13-19(2)14-16-27/h5-12,19-20H,13-17H2,1-4H3,(H,25,28). The zero-order valence-corrected chi connectivity index (χ0v) is 19.7. The fourth-order valence-corrected chi connectivity index (χ4v) is 4.92. The van der Waals surface area contributed by atoms with Crippen LogP contribution in [-0.4, -0.2) is 45.3 Å². The second-order valence-electron chi connectivity index (χ2n) is 8.62. The molecule has 1 amide bonds. The number of nitrogens with one attached hydrogen (secondary N) is 1. The number of sulfonamides is 1. The minimum atomic E-state index is -3.71. The van der Waals surface area contributed by atoms with Crippen LogP contribution in [0.4, 0.5) is 5.69 Å². The van der Waals surface area contributed by atoms with E-state index in [4.69, 9.17) is 0 Å². The van der Waals surface area contributed by atoms with Gasteiger partial charge in [-0.25, -0.2) is 8.42 Å². The highest BCUT2D eigenvalue weighted by Gasteiger charge is 2.23. The Balaban J connectivity index is 1.56. The number of aryl methyl sites for hydroxylation is 1. The Hall–Kier alpha value is -2.38. The van der Waals surface area contributed by atoms with Crippen molar-refractivity contribution in [2.45, 2.75) is 44.6 Å². The van der Waals surface area contributed by atoms with Crippen LogP contribution >= 0.6 is 0 Å². The lowest BCUT2D eigenvalue weighted by molar-refractivity contribution is -0.121. The number of hydrogen-bond donors (Lipinski definition) is 1. The van der Waals surface area contributed by atoms with Gasteiger partial charge in [0.25, 0.3) is 0 Å². The summed E-state index contributed by atoms with van der Waals surface area (Å²) in [5.74, 6) is 0.457. The molecule has 1 saturated heterocycles. The number of benzene rings is 2. The molecule has 2 aromatic rings. The molecule has 1 atom stereocenters. The first kappa shape index (κ1) is 23.3. The van der Waals surface area contributed by atoms with Gasteiger partial charge in [0.1, 0.15) is 0 Å². The van der Waals surface area contributed by atoms with Gasteiger partial charge in [0.05, 0.1) is 17.5 Å². The second kappa shape index (κ2) is 9.83. The fourth-order valence-electron chi connectivity index (χ4n) is 3.79. The number of carbonyl (C=O) groups excluding carboxylic acids is 1. The first-order chi connectivity index (χ1) is 14.7. The summed E-state index contributed by atoms with van der Waals surface area (Å²) in [6, 6.07) is 14.7. The molecule has 1 fully saturated rings. The SMILES string of the molecule is Cc1ccc(S(=O)(=O)N(C)CC(=O)NC(C)c2ccc(N3CCC(C)CC3)cc2)cc1. The Bertz CT molecular complexity index is 980. The van der Waals surface area contributed by atoms with Crippen LogP contribution in [-0.2, 0) is 14.8 Å². The lowest BCUT2D eigenvalue weighted by Crippen LogP contribution is -2.39. The summed E-state index contributed by atoms with van der Waals surface area (Å²) in [6.45, 7) is 8.03. The number of likely N-dealkylation sites (N-methyl/N-ethyl adjacent to an activating group) is 1. The number of piperidine rings is 1. The predicted molar refractivity (Wildman–Crippen MR) is 125 cm³/mol. The van der Waals surface area contributed by atoms with Crippen LogP contribution in [0.15, 0.2) is 53.4 Å². The van der Waals surface area contributed by atoms with Gasteiger partial charge in [0.15, 0.2) is 0 Å². The zero-order chi connectivity index (χ0) is 22.6. The zero-order valence-electron chi connectivity index (χ0n) is 18.8. The van der Waals surface area contributed by atoms with E-state index in [1.165, 1.54) is 25.6 Å². The third-order valence-electron chi connectivity index (χ3n) is 6.01. The van der Waals surface area contributed by atoms with E-state index in [1.54, 1.807) is 24.3 Å². The van der Waals surface area contributed by atoms with Crippen LogP contribution in [0.1, 0.15) is 43.9 Å². The van der Waals surface area contributed by atoms with Crippen molar-refractivity contribution in [3.63, 3.8) is 0 Å². The average molecular weight is 444 g/mol. The van der Waals surface area contributed by atoms with Gasteiger partial charge in [-0.3, -0.25) is 4.79 Å². The number of nitrogens with zero attached hydrogens (tertiary/aromatic N) is 2. The van der Waals surface area contributed by atoms with Crippen molar-refractivity contribution in [2.24, 2.45) is 5.92 Å². The highest BCUT2D eigenvalue weighted by Crippen LogP contribution is 2.24. The molecular weight excluding hydrogens is 410 g/mol. The highest BCUT2D eigenvalue weighted by molar-refractivity contribution is 7.89. The maximum Gasteiger partial charge on any atom is 0.243 e. The van der Waals surface area contributed by atoms with Crippen LogP contribution < -0.4 is 10.2 Å². The van der Waals surface area contributed by atoms with Gasteiger partial charge >= 0.3 is 0 Å². The summed E-state index contributed by atoms with van der Waals surface area (Å²) in [5, 5.41) is 2.91. The third kappa shape index (κ3) is 5.86. The number of amides is 1. The molecule has 0 radical (unpaired) electrons. The van der Waals surface area contributed by atoms with E-state index in [0.29, 0.717) is 0 Å². The maximum absolute atomic E-state index is 12.7. The van der Waals surface area contributed by atoms with Crippen LogP contribution in [0.2, 0.25) is 0 Å². The number of carbonyl (C=O) groups is 1. The summed E-state index contributed by atoms with van der Waals surface area (Å²) >= 11 is 0. The lowest BCUT2D eigenvalue weighted by Gasteiger charge is -2.32. The Morgan fingerprint density at radius 3 is 2.26 bits per heavy atom. The maximum atomic E-state index is 12.7. The van der Waals surface area contributed by atoms with E-state index in [0.717, 1.165) is 34.4 Å². The molecule has 3 rings (SSSR count). The molecule has 1 aliphatic rings. The molecule has 1 heterocycles. The molecule has 0 aromatic heterocycles. The minimum absolute atomic E-state index is 0.184. The molecule has 0 bridgehead atoms. The first-order valence-corrected chi connectivity index (χ1v) is 12.3. The Morgan fingerprint density at radius 1 is 1.10 bits per heavy atom. The average Bonchev–Trinajstić information content (AvgIpc) is 2.74. The largest absolute Gasteiger partial charge is 0.372 e. The molecule has 31 heavy (non-hydrogen) atoms. The molecule has 0 saturated carbocycles. The van der Waals surface area contributed by atoms with Gasteiger partial charge < -0.3 is 10.2 Å². The normalized spacial score (nSPS) is 16.4. The fraction of sp³-hybridized carbons (Fsp3) is 0.458. The molecule has 1 aliphatic heterocycles. The van der Waals surface area contributed by atoms with Crippen LogP contribution in [0.25, 0.3) is 0 Å². The van der Waals surface area contributed by atoms with Crippen molar-refractivity contribution < 1.29 is 13.2 Å². The Labute approximate surface area is 186 Å². The second-order valence-corrected chi connectivity index (χ2v) is 10.7. The van der Waals surface area contributed by atoms with E-state index >= 15 is 0 Å². The molecule has 0 spiro atoms. The summed E-state index contributed by atoms with van der Waals surface area (Å²) in [7, 11) is -2.28. The van der Waals surface area contributed by atoms with Crippen molar-refractivity contribution in [1.29, 1.82) is 0 Å². The van der Waals surface area contributed by atoms with E-state index in [-0.39, 0.29) is 23.4 Å². The van der Waals surface area contributed by atoms with Crippen molar-refractivity contribution in [3.8, 4) is 0 Å². The van der Waals surface area contributed by atoms with Gasteiger partial charge in [0.2, 0.25) is 15.9 Å². The van der Waals surface area contributed by atoms with E-state index in [1.807, 2.05) is 26.0 Å². The van der Waals surface area contributed by atoms with Gasteiger partial charge in [-0.1, -0.05) is 36.8 Å². The van der Waals surface area contributed by atoms with Crippen LogP contribution in [0.5, 0.6) is 0 Å². The molecule has 7 heteroatoms. The molecular formula is C24H33N3O3S. The number of hydrogen-bond acceptors (Lipinski definition) is 4. The molecule has 1 unspecified atom stereocenters. The quantitative estimate of drug-likeness (QED) is 0.708. The van der Waals surface area contributed by atoms with Gasteiger partial charge in [-0.2, -0.15) is 4.31 Å². The lowest BCUT2D eigenvalue weighted by atomic mass is 9.98. The minimum Gasteiger partial charge on any atom is -0.372 e. The van der Waals surface area contributed by atoms with Crippen molar-refractivity contribution in [1.82, 2.24) is 9.62 Å². The Morgan fingerprint density at radius 2 is 1.68 bits per heavy atom. The van der Waals surface area contributed by atoms with Crippen molar-refractivity contribution in [3.05, 3.63) is 59.7 Å². The smallest absolute Gasteiger partial charge is 0.243 e. The highest BCUT2D eigenvalue weighted by atomic mass is 32.2. The van der Waals surface area contributed by atoms with Crippen LogP contribution in [0.3, 0.4) is 0 Å². The van der Waals surface area contributed by atoms with E-state index < -0.39 is 10.0 Å². The molecule has 1 N–H and O–H groups in total. The summed E-state index contributed by atoms with van der Waals surface area (Å²) in [5.41, 5.74) is 3.18. The molecule has 6 nitrogen and oxygen atoms in total. The van der Waals surface area contributed by atoms with Gasteiger partial charge in [-0.05, 0) is 62.4 Å². The molecule has 168 valence electrons. The Kier molecular flexibility index (Phi) is 7.38. The summed E-state index contributed by atoms with van der Waals surface area (Å²) in [4.78, 5) is 15.1. The monoisotopic (exact) mass is 443 g/mol. The molecule has 2 aromatic carbocycles. The van der Waals surface area contributed by atoms with Crippen molar-refractivity contribution in [2.75, 3.05) is 31.6 Å². The van der Waals surface area contributed by atoms with Crippen LogP contribution in [0, 0.1) is 12.8 Å². The number of rotatable bonds is 7. The summed E-state index contributed by atoms with van der Waals surface area (Å²) in [6.07, 6.45) is 2.43. The predicted octanol–water partition coefficient (Wildman–Crippen LogP) is 3.73. The number of anilines is 1. The third-order valence-corrected chi connectivity index (χ3v) is 7.83. The van der Waals surface area contributed by atoms with E-state index in [9.17, 15) is 13.2 Å². The van der Waals surface area contributed by atoms with E-state index in [2.05, 4.69) is 29.3 Å². The van der Waals surface area contributed by atoms with Crippen molar-refractivity contribution >= 4 is 21.6 Å². The summed E-state index contributed by atoms with van der Waals surface area (Å²) < 4.78 is 26.5. The van der Waals surface area contributed by atoms with Gasteiger partial charge in [0, 0.05) is 25.8 Å².